The van der Waals surface area contributed by atoms with Crippen molar-refractivity contribution in [3.8, 4) is 0 Å². The number of nitrogens with one attached hydrogen (secondary N) is 1. The lowest BCUT2D eigenvalue weighted by Crippen LogP contribution is -2.19. The van der Waals surface area contributed by atoms with E-state index in [9.17, 15) is 0 Å². The summed E-state index contributed by atoms with van der Waals surface area (Å²) in [7, 11) is 0. The van der Waals surface area contributed by atoms with Crippen molar-refractivity contribution in [3.63, 3.8) is 0 Å². The normalized spacial score (nSPS) is 11.9. The van der Waals surface area contributed by atoms with Crippen LogP contribution in [0.5, 0.6) is 0 Å². The van der Waals surface area contributed by atoms with Gasteiger partial charge in [-0.2, -0.15) is 0 Å². The van der Waals surface area contributed by atoms with Gasteiger partial charge in [0.15, 0.2) is 5.11 Å². The topological polar surface area (TPSA) is 55.9 Å². The van der Waals surface area contributed by atoms with Crippen molar-refractivity contribution in [2.45, 2.75) is 6.04 Å². The zero-order valence-corrected chi connectivity index (χ0v) is 14.8. The molecular formula is C17H14Cl2N4S. The predicted octanol–water partition coefficient (Wildman–Crippen LogP) is 4.48. The highest BCUT2D eigenvalue weighted by atomic mass is 35.5. The molecule has 3 N–H and O–H groups in total. The first kappa shape index (κ1) is 16.8. The second-order valence-corrected chi connectivity index (χ2v) is 6.47. The lowest BCUT2D eigenvalue weighted by atomic mass is 9.98. The third-order valence-corrected chi connectivity index (χ3v) is 4.25. The van der Waals surface area contributed by atoms with Gasteiger partial charge in [0.1, 0.15) is 0 Å². The van der Waals surface area contributed by atoms with E-state index in [-0.39, 0.29) is 11.2 Å². The molecule has 0 amide bonds. The summed E-state index contributed by atoms with van der Waals surface area (Å²) in [5.74, 6) is 0. The number of benzene rings is 2. The second-order valence-electron chi connectivity index (χ2n) is 5.19. The molecule has 0 radical (unpaired) electrons. The van der Waals surface area contributed by atoms with Gasteiger partial charge in [-0.3, -0.25) is 0 Å². The van der Waals surface area contributed by atoms with Crippen LogP contribution in [0.15, 0.2) is 61.2 Å². The summed E-state index contributed by atoms with van der Waals surface area (Å²) in [4.78, 5) is 4.14. The molecule has 24 heavy (non-hydrogen) atoms. The number of hydrogen-bond acceptors (Lipinski definition) is 2. The summed E-state index contributed by atoms with van der Waals surface area (Å²) >= 11 is 17.4. The third kappa shape index (κ3) is 3.70. The Balaban J connectivity index is 2.06. The highest BCUT2D eigenvalue weighted by Gasteiger charge is 2.19. The van der Waals surface area contributed by atoms with Gasteiger partial charge in [0.25, 0.3) is 0 Å². The molecule has 0 saturated heterocycles. The highest BCUT2D eigenvalue weighted by Crippen LogP contribution is 2.34. The number of hydrogen-bond donors (Lipinski definition) is 2. The van der Waals surface area contributed by atoms with Gasteiger partial charge in [-0.05, 0) is 53.7 Å². The Morgan fingerprint density at radius 2 is 1.92 bits per heavy atom. The molecule has 122 valence electrons. The summed E-state index contributed by atoms with van der Waals surface area (Å²) in [6.45, 7) is 0. The molecule has 0 spiro atoms. The Hall–Kier alpha value is -2.08. The molecule has 3 aromatic rings. The Bertz CT molecular complexity index is 848. The molecule has 1 heterocycles. The van der Waals surface area contributed by atoms with Gasteiger partial charge in [-0.25, -0.2) is 4.98 Å². The molecule has 0 aliphatic heterocycles. The number of thiocarbonyl (C=S) groups is 1. The fourth-order valence-electron chi connectivity index (χ4n) is 2.55. The fourth-order valence-corrected chi connectivity index (χ4v) is 3.07. The van der Waals surface area contributed by atoms with Crippen LogP contribution in [0.3, 0.4) is 0 Å². The zero-order valence-electron chi connectivity index (χ0n) is 12.5. The minimum Gasteiger partial charge on any atom is -0.376 e. The first-order valence-electron chi connectivity index (χ1n) is 7.13. The van der Waals surface area contributed by atoms with Crippen LogP contribution in [0.2, 0.25) is 10.0 Å². The Morgan fingerprint density at radius 1 is 1.17 bits per heavy atom. The molecule has 0 aliphatic rings. The first-order valence-corrected chi connectivity index (χ1v) is 8.30. The summed E-state index contributed by atoms with van der Waals surface area (Å²) in [5, 5.41) is 4.41. The van der Waals surface area contributed by atoms with Crippen molar-refractivity contribution < 1.29 is 0 Å². The van der Waals surface area contributed by atoms with Gasteiger partial charge in [0.05, 0.1) is 12.4 Å². The zero-order chi connectivity index (χ0) is 17.1. The first-order chi connectivity index (χ1) is 11.5. The number of halogens is 2. The van der Waals surface area contributed by atoms with Gasteiger partial charge in [0, 0.05) is 28.1 Å². The van der Waals surface area contributed by atoms with E-state index in [1.165, 1.54) is 0 Å². The van der Waals surface area contributed by atoms with Crippen molar-refractivity contribution >= 4 is 46.2 Å². The van der Waals surface area contributed by atoms with E-state index in [1.807, 2.05) is 41.1 Å². The summed E-state index contributed by atoms with van der Waals surface area (Å²) in [5.41, 5.74) is 8.26. The standard InChI is InChI=1S/C17H14Cl2N4S/c18-12-3-6-15(19)14(9-12)16(23-8-7-21-10-23)11-1-4-13(5-2-11)22-17(20)24/h1-10,16H,(H3,20,22,24). The number of aromatic nitrogens is 2. The smallest absolute Gasteiger partial charge is 0.168 e. The van der Waals surface area contributed by atoms with Crippen LogP contribution < -0.4 is 11.1 Å². The van der Waals surface area contributed by atoms with E-state index in [2.05, 4.69) is 10.3 Å². The fraction of sp³-hybridized carbons (Fsp3) is 0.0588. The summed E-state index contributed by atoms with van der Waals surface area (Å²) in [6.07, 6.45) is 5.38. The summed E-state index contributed by atoms with van der Waals surface area (Å²) in [6, 6.07) is 13.1. The van der Waals surface area contributed by atoms with Crippen molar-refractivity contribution in [1.29, 1.82) is 0 Å². The average molecular weight is 377 g/mol. The Kier molecular flexibility index (Phi) is 5.04. The van der Waals surface area contributed by atoms with Gasteiger partial charge >= 0.3 is 0 Å². The van der Waals surface area contributed by atoms with E-state index >= 15 is 0 Å². The minimum absolute atomic E-state index is 0.141. The molecule has 1 atom stereocenters. The maximum atomic E-state index is 6.42. The molecule has 7 heteroatoms. The molecule has 0 fully saturated rings. The maximum absolute atomic E-state index is 6.42. The lowest BCUT2D eigenvalue weighted by Gasteiger charge is -2.21. The maximum Gasteiger partial charge on any atom is 0.168 e. The van der Waals surface area contributed by atoms with E-state index in [4.69, 9.17) is 41.2 Å². The number of nitrogens with two attached hydrogens (primary N) is 1. The summed E-state index contributed by atoms with van der Waals surface area (Å²) < 4.78 is 1.98. The van der Waals surface area contributed by atoms with Gasteiger partial charge in [-0.1, -0.05) is 35.3 Å². The predicted molar refractivity (Wildman–Crippen MR) is 103 cm³/mol. The molecule has 0 bridgehead atoms. The largest absolute Gasteiger partial charge is 0.376 e. The van der Waals surface area contributed by atoms with Crippen LogP contribution in [0.4, 0.5) is 5.69 Å². The van der Waals surface area contributed by atoms with Crippen molar-refractivity contribution in [1.82, 2.24) is 9.55 Å². The highest BCUT2D eigenvalue weighted by molar-refractivity contribution is 7.80. The average Bonchev–Trinajstić information content (AvgIpc) is 3.06. The van der Waals surface area contributed by atoms with Crippen LogP contribution in [-0.2, 0) is 0 Å². The quantitative estimate of drug-likeness (QED) is 0.658. The van der Waals surface area contributed by atoms with Crippen LogP contribution in [0.25, 0.3) is 0 Å². The van der Waals surface area contributed by atoms with E-state index < -0.39 is 0 Å². The van der Waals surface area contributed by atoms with Gasteiger partial charge < -0.3 is 15.6 Å². The Morgan fingerprint density at radius 3 is 2.54 bits per heavy atom. The molecular weight excluding hydrogens is 363 g/mol. The van der Waals surface area contributed by atoms with Gasteiger partial charge in [-0.15, -0.1) is 0 Å². The molecule has 2 aromatic carbocycles. The molecule has 0 aliphatic carbocycles. The van der Waals surface area contributed by atoms with Crippen molar-refractivity contribution in [2.24, 2.45) is 5.73 Å². The lowest BCUT2D eigenvalue weighted by molar-refractivity contribution is 0.677. The van der Waals surface area contributed by atoms with Crippen LogP contribution in [0, 0.1) is 0 Å². The molecule has 1 unspecified atom stereocenters. The van der Waals surface area contributed by atoms with Crippen molar-refractivity contribution in [3.05, 3.63) is 82.4 Å². The van der Waals surface area contributed by atoms with Crippen LogP contribution >= 0.6 is 35.4 Å². The van der Waals surface area contributed by atoms with Gasteiger partial charge in [0.2, 0.25) is 0 Å². The van der Waals surface area contributed by atoms with E-state index in [0.717, 1.165) is 16.8 Å². The van der Waals surface area contributed by atoms with E-state index in [1.54, 1.807) is 24.7 Å². The minimum atomic E-state index is -0.141. The molecule has 0 saturated carbocycles. The van der Waals surface area contributed by atoms with Crippen LogP contribution in [0.1, 0.15) is 17.2 Å². The monoisotopic (exact) mass is 376 g/mol. The number of anilines is 1. The SMILES string of the molecule is NC(=S)Nc1ccc(C(c2cc(Cl)ccc2Cl)n2ccnc2)cc1. The number of nitrogens with zero attached hydrogens (tertiary/aromatic N) is 2. The number of rotatable bonds is 4. The molecule has 3 rings (SSSR count). The number of imidazole rings is 1. The Labute approximate surface area is 155 Å². The second kappa shape index (κ2) is 7.21. The van der Waals surface area contributed by atoms with Crippen LogP contribution in [-0.4, -0.2) is 14.7 Å². The third-order valence-electron chi connectivity index (χ3n) is 3.57. The van der Waals surface area contributed by atoms with Crippen molar-refractivity contribution in [2.75, 3.05) is 5.32 Å². The molecule has 1 aromatic heterocycles. The van der Waals surface area contributed by atoms with E-state index in [0.29, 0.717) is 10.0 Å². The molecule has 4 nitrogen and oxygen atoms in total.